The third-order valence-electron chi connectivity index (χ3n) is 3.74. The van der Waals surface area contributed by atoms with E-state index in [1.807, 2.05) is 17.5 Å². The summed E-state index contributed by atoms with van der Waals surface area (Å²) < 4.78 is 14.8. The van der Waals surface area contributed by atoms with Crippen molar-refractivity contribution in [3.05, 3.63) is 39.7 Å². The van der Waals surface area contributed by atoms with Gasteiger partial charge in [0.15, 0.2) is 6.61 Å². The summed E-state index contributed by atoms with van der Waals surface area (Å²) in [6, 6.07) is 3.73. The molecule has 0 aliphatic carbocycles. The smallest absolute Gasteiger partial charge is 0.346 e. The maximum absolute atomic E-state index is 12.4. The average molecular weight is 435 g/mol. The highest BCUT2D eigenvalue weighted by atomic mass is 32.1. The third-order valence-corrected chi connectivity index (χ3v) is 5.54. The van der Waals surface area contributed by atoms with Crippen molar-refractivity contribution in [3.63, 3.8) is 0 Å². The minimum atomic E-state index is -0.826. The molecule has 11 heteroatoms. The Kier molecular flexibility index (Phi) is 6.29. The summed E-state index contributed by atoms with van der Waals surface area (Å²) in [4.78, 5) is 37.7. The molecular weight excluding hydrogens is 418 g/mol. The van der Waals surface area contributed by atoms with Crippen LogP contribution in [0.15, 0.2) is 27.4 Å². The van der Waals surface area contributed by atoms with Gasteiger partial charge in [0, 0.05) is 15.8 Å². The van der Waals surface area contributed by atoms with Crippen LogP contribution >= 0.6 is 22.7 Å². The predicted molar refractivity (Wildman–Crippen MR) is 108 cm³/mol. The zero-order valence-electron chi connectivity index (χ0n) is 15.5. The number of aromatic nitrogens is 1. The molecule has 0 bridgehead atoms. The van der Waals surface area contributed by atoms with E-state index in [-0.39, 0.29) is 29.3 Å². The standard InChI is InChI=1S/C18H17N3O6S2/c1-3-25-18(24)14-10(11-5-4-6-28-11)8-29-16(14)20-12(22)7-26-17(23)13-9(2)21-27-15(13)19/h4-6,8H,3,7,19H2,1-2H3,(H,20,22). The van der Waals surface area contributed by atoms with E-state index in [9.17, 15) is 14.4 Å². The van der Waals surface area contributed by atoms with Crippen LogP contribution in [0.5, 0.6) is 0 Å². The summed E-state index contributed by atoms with van der Waals surface area (Å²) >= 11 is 2.65. The van der Waals surface area contributed by atoms with Crippen LogP contribution in [-0.4, -0.2) is 36.2 Å². The van der Waals surface area contributed by atoms with E-state index in [2.05, 4.69) is 10.5 Å². The fourth-order valence-electron chi connectivity index (χ4n) is 2.47. The number of esters is 2. The van der Waals surface area contributed by atoms with Gasteiger partial charge in [0.1, 0.15) is 16.1 Å². The molecule has 152 valence electrons. The van der Waals surface area contributed by atoms with E-state index in [1.54, 1.807) is 12.3 Å². The lowest BCUT2D eigenvalue weighted by Crippen LogP contribution is -2.22. The molecule has 9 nitrogen and oxygen atoms in total. The molecule has 3 heterocycles. The molecule has 0 aromatic carbocycles. The summed E-state index contributed by atoms with van der Waals surface area (Å²) in [5.74, 6) is -2.17. The summed E-state index contributed by atoms with van der Waals surface area (Å²) in [6.07, 6.45) is 0. The Hall–Kier alpha value is -3.18. The van der Waals surface area contributed by atoms with E-state index >= 15 is 0 Å². The highest BCUT2D eigenvalue weighted by Crippen LogP contribution is 2.38. The molecule has 0 aliphatic rings. The molecule has 0 fully saturated rings. The number of anilines is 2. The van der Waals surface area contributed by atoms with Crippen molar-refractivity contribution in [1.82, 2.24) is 5.16 Å². The maximum Gasteiger partial charge on any atom is 0.346 e. The van der Waals surface area contributed by atoms with Crippen molar-refractivity contribution >= 4 is 51.4 Å². The van der Waals surface area contributed by atoms with Gasteiger partial charge in [-0.3, -0.25) is 4.79 Å². The number of hydrogen-bond acceptors (Lipinski definition) is 10. The Balaban J connectivity index is 1.73. The second-order valence-electron chi connectivity index (χ2n) is 5.68. The number of nitrogen functional groups attached to an aromatic ring is 1. The Morgan fingerprint density at radius 1 is 1.21 bits per heavy atom. The molecule has 1 amide bonds. The summed E-state index contributed by atoms with van der Waals surface area (Å²) in [5, 5.41) is 10.1. The third kappa shape index (κ3) is 4.46. The van der Waals surface area contributed by atoms with Crippen molar-refractivity contribution in [2.75, 3.05) is 24.3 Å². The van der Waals surface area contributed by atoms with E-state index in [0.29, 0.717) is 10.6 Å². The number of nitrogens with two attached hydrogens (primary N) is 1. The Bertz CT molecular complexity index is 1020. The van der Waals surface area contributed by atoms with Crippen LogP contribution in [0, 0.1) is 6.92 Å². The van der Waals surface area contributed by atoms with Gasteiger partial charge in [-0.15, -0.1) is 22.7 Å². The predicted octanol–water partition coefficient (Wildman–Crippen LogP) is 3.33. The molecule has 0 saturated heterocycles. The van der Waals surface area contributed by atoms with Gasteiger partial charge in [-0.05, 0) is 25.3 Å². The fraction of sp³-hybridized carbons (Fsp3) is 0.222. The van der Waals surface area contributed by atoms with Gasteiger partial charge in [-0.1, -0.05) is 11.2 Å². The van der Waals surface area contributed by atoms with Crippen LogP contribution in [0.3, 0.4) is 0 Å². The molecule has 3 aromatic rings. The second kappa shape index (κ2) is 8.88. The largest absolute Gasteiger partial charge is 0.462 e. The number of carbonyl (C=O) groups excluding carboxylic acids is 3. The average Bonchev–Trinajstić information content (AvgIpc) is 3.40. The van der Waals surface area contributed by atoms with Gasteiger partial charge >= 0.3 is 11.9 Å². The first kappa shape index (κ1) is 20.6. The molecule has 29 heavy (non-hydrogen) atoms. The fourth-order valence-corrected chi connectivity index (χ4v) is 4.26. The Morgan fingerprint density at radius 3 is 2.59 bits per heavy atom. The number of rotatable bonds is 7. The van der Waals surface area contributed by atoms with Gasteiger partial charge in [-0.2, -0.15) is 0 Å². The minimum Gasteiger partial charge on any atom is -0.462 e. The monoisotopic (exact) mass is 435 g/mol. The number of ether oxygens (including phenoxy) is 2. The zero-order chi connectivity index (χ0) is 21.0. The lowest BCUT2D eigenvalue weighted by atomic mass is 10.1. The van der Waals surface area contributed by atoms with Gasteiger partial charge in [0.25, 0.3) is 5.91 Å². The van der Waals surface area contributed by atoms with Gasteiger partial charge < -0.3 is 25.0 Å². The van der Waals surface area contributed by atoms with E-state index in [0.717, 1.165) is 4.88 Å². The summed E-state index contributed by atoms with van der Waals surface area (Å²) in [5.41, 5.74) is 6.69. The highest BCUT2D eigenvalue weighted by Gasteiger charge is 2.24. The van der Waals surface area contributed by atoms with Crippen molar-refractivity contribution in [2.24, 2.45) is 0 Å². The topological polar surface area (TPSA) is 134 Å². The molecule has 0 atom stereocenters. The first-order valence-electron chi connectivity index (χ1n) is 8.43. The Labute approximate surface area is 173 Å². The molecule has 3 rings (SSSR count). The van der Waals surface area contributed by atoms with E-state index < -0.39 is 24.5 Å². The minimum absolute atomic E-state index is 0.0267. The molecule has 0 spiro atoms. The number of hydrogen-bond donors (Lipinski definition) is 2. The molecule has 3 aromatic heterocycles. The number of amides is 1. The van der Waals surface area contributed by atoms with Crippen LogP contribution < -0.4 is 11.1 Å². The Morgan fingerprint density at radius 2 is 1.97 bits per heavy atom. The van der Waals surface area contributed by atoms with Crippen LogP contribution in [0.2, 0.25) is 0 Å². The first-order chi connectivity index (χ1) is 13.9. The SMILES string of the molecule is CCOC(=O)c1c(-c2cccs2)csc1NC(=O)COC(=O)c1c(C)noc1N. The second-order valence-corrected chi connectivity index (χ2v) is 7.51. The number of nitrogens with one attached hydrogen (secondary N) is 1. The van der Waals surface area contributed by atoms with Crippen LogP contribution in [-0.2, 0) is 14.3 Å². The molecule has 0 aliphatic heterocycles. The van der Waals surface area contributed by atoms with Crippen molar-refractivity contribution in [3.8, 4) is 10.4 Å². The zero-order valence-corrected chi connectivity index (χ0v) is 17.1. The number of nitrogens with zero attached hydrogens (tertiary/aromatic N) is 1. The lowest BCUT2D eigenvalue weighted by molar-refractivity contribution is -0.119. The van der Waals surface area contributed by atoms with Crippen molar-refractivity contribution in [2.45, 2.75) is 13.8 Å². The van der Waals surface area contributed by atoms with Crippen LogP contribution in [0.1, 0.15) is 33.3 Å². The molecule has 3 N–H and O–H groups in total. The molecule has 0 saturated carbocycles. The number of carbonyl (C=O) groups is 3. The van der Waals surface area contributed by atoms with Crippen molar-refractivity contribution in [1.29, 1.82) is 0 Å². The molecule has 0 unspecified atom stereocenters. The number of aryl methyl sites for hydroxylation is 1. The highest BCUT2D eigenvalue weighted by molar-refractivity contribution is 7.17. The van der Waals surface area contributed by atoms with Gasteiger partial charge in [0.05, 0.1) is 12.3 Å². The van der Waals surface area contributed by atoms with Crippen molar-refractivity contribution < 1.29 is 28.4 Å². The van der Waals surface area contributed by atoms with Gasteiger partial charge in [-0.25, -0.2) is 9.59 Å². The number of thiophene rings is 2. The van der Waals surface area contributed by atoms with Crippen LogP contribution in [0.4, 0.5) is 10.9 Å². The molecule has 0 radical (unpaired) electrons. The van der Waals surface area contributed by atoms with E-state index in [4.69, 9.17) is 19.7 Å². The summed E-state index contributed by atoms with van der Waals surface area (Å²) in [7, 11) is 0. The first-order valence-corrected chi connectivity index (χ1v) is 10.2. The van der Waals surface area contributed by atoms with E-state index in [1.165, 1.54) is 29.6 Å². The van der Waals surface area contributed by atoms with Gasteiger partial charge in [0.2, 0.25) is 5.88 Å². The quantitative estimate of drug-likeness (QED) is 0.540. The summed E-state index contributed by atoms with van der Waals surface area (Å²) in [6.45, 7) is 2.85. The van der Waals surface area contributed by atoms with Crippen LogP contribution in [0.25, 0.3) is 10.4 Å². The normalized spacial score (nSPS) is 10.6. The molecular formula is C18H17N3O6S2. The lowest BCUT2D eigenvalue weighted by Gasteiger charge is -2.08. The maximum atomic E-state index is 12.4.